The lowest BCUT2D eigenvalue weighted by Crippen LogP contribution is -2.42. The molecule has 1 amide bonds. The van der Waals surface area contributed by atoms with Gasteiger partial charge in [-0.25, -0.2) is 0 Å². The van der Waals surface area contributed by atoms with Gasteiger partial charge < -0.3 is 10.6 Å². The molecule has 134 valence electrons. The van der Waals surface area contributed by atoms with Crippen LogP contribution in [0.2, 0.25) is 10.0 Å². The Hall–Kier alpha value is -0.810. The Morgan fingerprint density at radius 1 is 1.29 bits per heavy atom. The van der Waals surface area contributed by atoms with E-state index in [-0.39, 0.29) is 11.9 Å². The molecule has 1 aromatic rings. The molecule has 2 N–H and O–H groups in total. The van der Waals surface area contributed by atoms with Crippen LogP contribution in [0, 0.1) is 5.92 Å². The van der Waals surface area contributed by atoms with Gasteiger partial charge in [0.1, 0.15) is 0 Å². The number of benzene rings is 1. The van der Waals surface area contributed by atoms with Crippen molar-refractivity contribution in [1.29, 1.82) is 0 Å². The summed E-state index contributed by atoms with van der Waals surface area (Å²) < 4.78 is 0. The van der Waals surface area contributed by atoms with E-state index in [2.05, 4.69) is 15.5 Å². The number of nitrogens with zero attached hydrogens (tertiary/aromatic N) is 1. The van der Waals surface area contributed by atoms with E-state index in [1.54, 1.807) is 6.07 Å². The van der Waals surface area contributed by atoms with Crippen LogP contribution in [0.25, 0.3) is 0 Å². The highest BCUT2D eigenvalue weighted by Gasteiger charge is 2.21. The first-order valence-electron chi connectivity index (χ1n) is 8.61. The maximum Gasteiger partial charge on any atom is 0.234 e. The fourth-order valence-electron chi connectivity index (χ4n) is 3.14. The number of carbonyl (C=O) groups excluding carboxylic acids is 1. The molecule has 2 rings (SSSR count). The minimum atomic E-state index is -0.0829. The highest BCUT2D eigenvalue weighted by molar-refractivity contribution is 6.42. The van der Waals surface area contributed by atoms with Crippen molar-refractivity contribution in [1.82, 2.24) is 15.5 Å². The van der Waals surface area contributed by atoms with Gasteiger partial charge in [-0.2, -0.15) is 0 Å². The average Bonchev–Trinajstić information content (AvgIpc) is 2.56. The van der Waals surface area contributed by atoms with Crippen LogP contribution >= 0.6 is 23.2 Å². The molecule has 1 aromatic carbocycles. The molecular formula is C18H27Cl2N3O. The zero-order valence-electron chi connectivity index (χ0n) is 14.4. The van der Waals surface area contributed by atoms with E-state index in [1.165, 1.54) is 19.3 Å². The lowest BCUT2D eigenvalue weighted by molar-refractivity contribution is -0.123. The Kier molecular flexibility index (Phi) is 7.82. The number of carbonyl (C=O) groups is 1. The Balaban J connectivity index is 1.76. The Labute approximate surface area is 154 Å². The van der Waals surface area contributed by atoms with Gasteiger partial charge in [0.15, 0.2) is 0 Å². The molecular weight excluding hydrogens is 345 g/mol. The number of amides is 1. The Morgan fingerprint density at radius 3 is 2.62 bits per heavy atom. The molecule has 1 heterocycles. The van der Waals surface area contributed by atoms with Crippen molar-refractivity contribution in [3.63, 3.8) is 0 Å². The SMILES string of the molecule is CNCCC1CCN(CC(=O)NC(C)c2ccc(Cl)c(Cl)c2)CC1. The summed E-state index contributed by atoms with van der Waals surface area (Å²) in [4.78, 5) is 14.5. The maximum absolute atomic E-state index is 12.3. The van der Waals surface area contributed by atoms with Crippen molar-refractivity contribution in [2.45, 2.75) is 32.2 Å². The summed E-state index contributed by atoms with van der Waals surface area (Å²) >= 11 is 12.0. The third-order valence-electron chi connectivity index (χ3n) is 4.70. The molecule has 1 aliphatic rings. The maximum atomic E-state index is 12.3. The molecule has 0 radical (unpaired) electrons. The summed E-state index contributed by atoms with van der Waals surface area (Å²) in [5.41, 5.74) is 0.962. The van der Waals surface area contributed by atoms with Crippen molar-refractivity contribution >= 4 is 29.1 Å². The van der Waals surface area contributed by atoms with Crippen molar-refractivity contribution in [2.75, 3.05) is 33.2 Å². The molecule has 0 aromatic heterocycles. The van der Waals surface area contributed by atoms with Crippen LogP contribution in [0.1, 0.15) is 37.8 Å². The normalized spacial score (nSPS) is 17.7. The van der Waals surface area contributed by atoms with Gasteiger partial charge in [0, 0.05) is 0 Å². The zero-order chi connectivity index (χ0) is 17.5. The average molecular weight is 372 g/mol. The molecule has 1 atom stereocenters. The Morgan fingerprint density at radius 2 is 2.00 bits per heavy atom. The number of hydrogen-bond donors (Lipinski definition) is 2. The van der Waals surface area contributed by atoms with Gasteiger partial charge in [-0.15, -0.1) is 0 Å². The van der Waals surface area contributed by atoms with Crippen molar-refractivity contribution in [3.05, 3.63) is 33.8 Å². The van der Waals surface area contributed by atoms with Gasteiger partial charge in [0.2, 0.25) is 5.91 Å². The first-order chi connectivity index (χ1) is 11.5. The molecule has 1 fully saturated rings. The summed E-state index contributed by atoms with van der Waals surface area (Å²) in [7, 11) is 1.99. The largest absolute Gasteiger partial charge is 0.348 e. The first kappa shape index (κ1) is 19.5. The van der Waals surface area contributed by atoms with E-state index >= 15 is 0 Å². The topological polar surface area (TPSA) is 44.4 Å². The summed E-state index contributed by atoms with van der Waals surface area (Å²) in [6, 6.07) is 5.38. The summed E-state index contributed by atoms with van der Waals surface area (Å²) in [6.07, 6.45) is 3.58. The second-order valence-electron chi connectivity index (χ2n) is 6.57. The number of likely N-dealkylation sites (tertiary alicyclic amines) is 1. The van der Waals surface area contributed by atoms with E-state index in [0.29, 0.717) is 16.6 Å². The molecule has 1 unspecified atom stereocenters. The highest BCUT2D eigenvalue weighted by Crippen LogP contribution is 2.25. The fraction of sp³-hybridized carbons (Fsp3) is 0.611. The predicted octanol–water partition coefficient (Wildman–Crippen LogP) is 3.49. The minimum Gasteiger partial charge on any atom is -0.348 e. The smallest absolute Gasteiger partial charge is 0.234 e. The van der Waals surface area contributed by atoms with Gasteiger partial charge in [0.25, 0.3) is 0 Å². The molecule has 0 saturated carbocycles. The van der Waals surface area contributed by atoms with Crippen LogP contribution in [0.15, 0.2) is 18.2 Å². The lowest BCUT2D eigenvalue weighted by atomic mass is 9.93. The summed E-state index contributed by atoms with van der Waals surface area (Å²) in [5.74, 6) is 0.842. The predicted molar refractivity (Wildman–Crippen MR) is 101 cm³/mol. The zero-order valence-corrected chi connectivity index (χ0v) is 16.0. The molecule has 0 bridgehead atoms. The second kappa shape index (κ2) is 9.62. The molecule has 1 aliphatic heterocycles. The van der Waals surface area contributed by atoms with Gasteiger partial charge in [-0.05, 0) is 76.5 Å². The van der Waals surface area contributed by atoms with Crippen molar-refractivity contribution < 1.29 is 4.79 Å². The van der Waals surface area contributed by atoms with E-state index in [4.69, 9.17) is 23.2 Å². The summed E-state index contributed by atoms with van der Waals surface area (Å²) in [6.45, 7) is 5.50. The molecule has 4 nitrogen and oxygen atoms in total. The monoisotopic (exact) mass is 371 g/mol. The van der Waals surface area contributed by atoms with Gasteiger partial charge in [0.05, 0.1) is 22.6 Å². The number of halogens is 2. The number of rotatable bonds is 7. The molecule has 24 heavy (non-hydrogen) atoms. The molecule has 1 saturated heterocycles. The van der Waals surface area contributed by atoms with E-state index < -0.39 is 0 Å². The third-order valence-corrected chi connectivity index (χ3v) is 5.44. The van der Waals surface area contributed by atoms with Crippen LogP contribution in [0.5, 0.6) is 0 Å². The molecule has 0 aliphatic carbocycles. The van der Waals surface area contributed by atoms with Crippen LogP contribution in [-0.2, 0) is 4.79 Å². The number of piperidine rings is 1. The van der Waals surface area contributed by atoms with E-state index in [9.17, 15) is 4.79 Å². The van der Waals surface area contributed by atoms with Gasteiger partial charge >= 0.3 is 0 Å². The van der Waals surface area contributed by atoms with E-state index in [0.717, 1.165) is 31.1 Å². The molecule has 0 spiro atoms. The summed E-state index contributed by atoms with van der Waals surface area (Å²) in [5, 5.41) is 7.29. The van der Waals surface area contributed by atoms with Crippen LogP contribution in [-0.4, -0.2) is 44.0 Å². The standard InChI is InChI=1S/C18H27Cl2N3O/c1-13(15-3-4-16(19)17(20)11-15)22-18(24)12-23-9-6-14(7-10-23)5-8-21-2/h3-4,11,13-14,21H,5-10,12H2,1-2H3,(H,22,24). The van der Waals surface area contributed by atoms with Gasteiger partial charge in [-0.3, -0.25) is 9.69 Å². The third kappa shape index (κ3) is 5.92. The second-order valence-corrected chi connectivity index (χ2v) is 7.39. The van der Waals surface area contributed by atoms with Crippen molar-refractivity contribution in [2.24, 2.45) is 5.92 Å². The number of nitrogens with one attached hydrogen (secondary N) is 2. The quantitative estimate of drug-likeness (QED) is 0.770. The number of hydrogen-bond acceptors (Lipinski definition) is 3. The van der Waals surface area contributed by atoms with Crippen LogP contribution in [0.3, 0.4) is 0 Å². The minimum absolute atomic E-state index is 0.0576. The molecule has 6 heteroatoms. The van der Waals surface area contributed by atoms with Crippen LogP contribution < -0.4 is 10.6 Å². The highest BCUT2D eigenvalue weighted by atomic mass is 35.5. The van der Waals surface area contributed by atoms with Crippen LogP contribution in [0.4, 0.5) is 0 Å². The first-order valence-corrected chi connectivity index (χ1v) is 9.36. The fourth-order valence-corrected chi connectivity index (χ4v) is 3.44. The van der Waals surface area contributed by atoms with E-state index in [1.807, 2.05) is 26.1 Å². The lowest BCUT2D eigenvalue weighted by Gasteiger charge is -2.31. The van der Waals surface area contributed by atoms with Crippen molar-refractivity contribution in [3.8, 4) is 0 Å². The van der Waals surface area contributed by atoms with Gasteiger partial charge in [-0.1, -0.05) is 29.3 Å². The Bertz CT molecular complexity index is 545.